The summed E-state index contributed by atoms with van der Waals surface area (Å²) in [5, 5.41) is 2.48. The van der Waals surface area contributed by atoms with Gasteiger partial charge in [0.05, 0.1) is 6.42 Å². The van der Waals surface area contributed by atoms with E-state index in [1.54, 1.807) is 0 Å². The lowest BCUT2D eigenvalue weighted by Gasteiger charge is -2.06. The van der Waals surface area contributed by atoms with Gasteiger partial charge in [0.15, 0.2) is 0 Å². The molecule has 1 amide bonds. The van der Waals surface area contributed by atoms with E-state index >= 15 is 0 Å². The Balaban J connectivity index is 2.03. The van der Waals surface area contributed by atoms with Crippen LogP contribution < -0.4 is 5.32 Å². The maximum absolute atomic E-state index is 11.6. The Hall–Kier alpha value is -0.740. The van der Waals surface area contributed by atoms with Crippen LogP contribution in [0.4, 0.5) is 13.2 Å². The average Bonchev–Trinajstić information content (AvgIpc) is 2.78. The fourth-order valence-corrected chi connectivity index (χ4v) is 0.924. The summed E-state index contributed by atoms with van der Waals surface area (Å²) >= 11 is 0. The van der Waals surface area contributed by atoms with Crippen molar-refractivity contribution >= 4 is 5.91 Å². The molecule has 1 fully saturated rings. The summed E-state index contributed by atoms with van der Waals surface area (Å²) < 4.78 is 34.9. The second-order valence-electron chi connectivity index (χ2n) is 3.36. The molecule has 0 aromatic rings. The highest BCUT2D eigenvalue weighted by Gasteiger charge is 2.28. The Labute approximate surface area is 74.5 Å². The van der Waals surface area contributed by atoms with Gasteiger partial charge in [0.1, 0.15) is 0 Å². The highest BCUT2D eigenvalue weighted by molar-refractivity contribution is 5.75. The predicted octanol–water partition coefficient (Wildman–Crippen LogP) is 1.86. The van der Waals surface area contributed by atoms with E-state index in [9.17, 15) is 18.0 Å². The van der Waals surface area contributed by atoms with E-state index in [1.165, 1.54) is 0 Å². The van der Waals surface area contributed by atoms with Crippen LogP contribution in [-0.4, -0.2) is 18.6 Å². The monoisotopic (exact) mass is 195 g/mol. The van der Waals surface area contributed by atoms with Gasteiger partial charge >= 0.3 is 6.18 Å². The van der Waals surface area contributed by atoms with Gasteiger partial charge in [-0.05, 0) is 18.8 Å². The number of halogens is 3. The van der Waals surface area contributed by atoms with Crippen molar-refractivity contribution in [1.82, 2.24) is 5.32 Å². The minimum absolute atomic E-state index is 0.448. The normalized spacial score (nSPS) is 17.2. The molecule has 13 heavy (non-hydrogen) atoms. The van der Waals surface area contributed by atoms with E-state index in [0.717, 1.165) is 12.8 Å². The van der Waals surface area contributed by atoms with Crippen molar-refractivity contribution in [3.05, 3.63) is 0 Å². The molecule has 0 aliphatic heterocycles. The first-order valence-corrected chi connectivity index (χ1v) is 4.31. The van der Waals surface area contributed by atoms with Gasteiger partial charge in [-0.2, -0.15) is 13.2 Å². The van der Waals surface area contributed by atoms with Crippen LogP contribution in [0.15, 0.2) is 0 Å². The third-order valence-electron chi connectivity index (χ3n) is 1.92. The maximum Gasteiger partial charge on any atom is 0.389 e. The summed E-state index contributed by atoms with van der Waals surface area (Å²) in [5.41, 5.74) is 0. The second kappa shape index (κ2) is 3.98. The first-order chi connectivity index (χ1) is 5.97. The lowest BCUT2D eigenvalue weighted by Crippen LogP contribution is -2.26. The van der Waals surface area contributed by atoms with Gasteiger partial charge < -0.3 is 5.32 Å². The molecule has 0 saturated heterocycles. The van der Waals surface area contributed by atoms with Gasteiger partial charge in [0, 0.05) is 13.0 Å². The summed E-state index contributed by atoms with van der Waals surface area (Å²) in [6.07, 6.45) is -3.53. The molecule has 0 atom stereocenters. The highest BCUT2D eigenvalue weighted by atomic mass is 19.4. The molecule has 1 saturated carbocycles. The summed E-state index contributed by atoms with van der Waals surface area (Å²) in [4.78, 5) is 10.8. The molecule has 5 heteroatoms. The molecule has 1 aliphatic carbocycles. The molecule has 0 spiro atoms. The Bertz CT molecular complexity index is 186. The predicted molar refractivity (Wildman–Crippen MR) is 41.0 cm³/mol. The molecule has 76 valence electrons. The van der Waals surface area contributed by atoms with Gasteiger partial charge in [0.25, 0.3) is 0 Å². The number of carbonyl (C=O) groups is 1. The molecule has 1 aliphatic rings. The smallest absolute Gasteiger partial charge is 0.356 e. The summed E-state index contributed by atoms with van der Waals surface area (Å²) in [6.45, 7) is 0.538. The lowest BCUT2D eigenvalue weighted by molar-refractivity contribution is -0.144. The van der Waals surface area contributed by atoms with Crippen LogP contribution in [0.5, 0.6) is 0 Å². The highest BCUT2D eigenvalue weighted by Crippen LogP contribution is 2.27. The van der Waals surface area contributed by atoms with E-state index in [2.05, 4.69) is 5.32 Å². The van der Waals surface area contributed by atoms with Crippen LogP contribution in [0.3, 0.4) is 0 Å². The Morgan fingerprint density at radius 3 is 2.46 bits per heavy atom. The van der Waals surface area contributed by atoms with Crippen molar-refractivity contribution < 1.29 is 18.0 Å². The van der Waals surface area contributed by atoms with Gasteiger partial charge in [-0.25, -0.2) is 0 Å². The lowest BCUT2D eigenvalue weighted by atomic mass is 10.3. The molecule has 0 aromatic heterocycles. The van der Waals surface area contributed by atoms with Gasteiger partial charge in [-0.1, -0.05) is 0 Å². The van der Waals surface area contributed by atoms with Gasteiger partial charge in [-0.3, -0.25) is 4.79 Å². The molecule has 0 radical (unpaired) electrons. The van der Waals surface area contributed by atoms with Crippen LogP contribution in [-0.2, 0) is 4.79 Å². The van der Waals surface area contributed by atoms with Crippen LogP contribution in [0.2, 0.25) is 0 Å². The van der Waals surface area contributed by atoms with Crippen LogP contribution >= 0.6 is 0 Å². The van der Waals surface area contributed by atoms with Crippen LogP contribution in [0.1, 0.15) is 25.7 Å². The quantitative estimate of drug-likeness (QED) is 0.728. The minimum Gasteiger partial charge on any atom is -0.356 e. The first kappa shape index (κ1) is 10.3. The van der Waals surface area contributed by atoms with E-state index in [1.807, 2.05) is 0 Å². The van der Waals surface area contributed by atoms with E-state index in [0.29, 0.717) is 12.5 Å². The number of rotatable bonds is 4. The van der Waals surface area contributed by atoms with E-state index < -0.39 is 24.9 Å². The number of hydrogen-bond donors (Lipinski definition) is 1. The molecule has 0 unspecified atom stereocenters. The molecule has 0 bridgehead atoms. The van der Waals surface area contributed by atoms with Crippen molar-refractivity contribution in [3.8, 4) is 0 Å². The molecular weight excluding hydrogens is 183 g/mol. The number of nitrogens with one attached hydrogen (secondary N) is 1. The van der Waals surface area contributed by atoms with Gasteiger partial charge in [0.2, 0.25) is 5.91 Å². The summed E-state index contributed by atoms with van der Waals surface area (Å²) in [5.74, 6) is 0.0130. The molecule has 1 rings (SSSR count). The fraction of sp³-hybridized carbons (Fsp3) is 0.875. The topological polar surface area (TPSA) is 29.1 Å². The van der Waals surface area contributed by atoms with E-state index in [-0.39, 0.29) is 0 Å². The molecule has 0 aromatic carbocycles. The molecule has 1 N–H and O–H groups in total. The Kier molecular flexibility index (Phi) is 3.17. The van der Waals surface area contributed by atoms with E-state index in [4.69, 9.17) is 0 Å². The summed E-state index contributed by atoms with van der Waals surface area (Å²) in [7, 11) is 0. The maximum atomic E-state index is 11.6. The number of hydrogen-bond acceptors (Lipinski definition) is 1. The number of amides is 1. The average molecular weight is 195 g/mol. The van der Waals surface area contributed by atoms with Crippen molar-refractivity contribution in [3.63, 3.8) is 0 Å². The number of alkyl halides is 3. The molecule has 0 heterocycles. The minimum atomic E-state index is -4.23. The second-order valence-corrected chi connectivity index (χ2v) is 3.36. The molecule has 2 nitrogen and oxygen atoms in total. The number of carbonyl (C=O) groups excluding carboxylic acids is 1. The Morgan fingerprint density at radius 1 is 1.38 bits per heavy atom. The van der Waals surface area contributed by atoms with Gasteiger partial charge in [-0.15, -0.1) is 0 Å². The zero-order valence-corrected chi connectivity index (χ0v) is 7.16. The van der Waals surface area contributed by atoms with Crippen molar-refractivity contribution in [2.24, 2.45) is 5.92 Å². The first-order valence-electron chi connectivity index (χ1n) is 4.31. The van der Waals surface area contributed by atoms with Crippen molar-refractivity contribution in [2.45, 2.75) is 31.9 Å². The van der Waals surface area contributed by atoms with Crippen LogP contribution in [0.25, 0.3) is 0 Å². The van der Waals surface area contributed by atoms with Crippen molar-refractivity contribution in [2.75, 3.05) is 6.54 Å². The third kappa shape index (κ3) is 5.49. The third-order valence-corrected chi connectivity index (χ3v) is 1.92. The Morgan fingerprint density at radius 2 is 2.00 bits per heavy atom. The zero-order chi connectivity index (χ0) is 9.90. The standard InChI is InChI=1S/C8H12F3NO/c9-8(10,11)4-3-7(13)12-5-6-1-2-6/h6H,1-5H2,(H,12,13). The summed E-state index contributed by atoms with van der Waals surface area (Å²) in [6, 6.07) is 0. The largest absolute Gasteiger partial charge is 0.389 e. The zero-order valence-electron chi connectivity index (χ0n) is 7.16. The molecular formula is C8H12F3NO. The van der Waals surface area contributed by atoms with Crippen LogP contribution in [0, 0.1) is 5.92 Å². The van der Waals surface area contributed by atoms with Crippen molar-refractivity contribution in [1.29, 1.82) is 0 Å². The fourth-order valence-electron chi connectivity index (χ4n) is 0.924. The SMILES string of the molecule is O=C(CCC(F)(F)F)NCC1CC1.